The van der Waals surface area contributed by atoms with Gasteiger partial charge in [-0.25, -0.2) is 0 Å². The van der Waals surface area contributed by atoms with Crippen molar-refractivity contribution >= 4 is 28.1 Å². The van der Waals surface area contributed by atoms with Crippen molar-refractivity contribution in [3.63, 3.8) is 0 Å². The second kappa shape index (κ2) is 8.94. The summed E-state index contributed by atoms with van der Waals surface area (Å²) in [6.07, 6.45) is 3.75. The van der Waals surface area contributed by atoms with Crippen molar-refractivity contribution in [1.29, 1.82) is 0 Å². The third-order valence-corrected chi connectivity index (χ3v) is 7.27. The smallest absolute Gasteiger partial charge is 0.263 e. The average Bonchev–Trinajstić information content (AvgIpc) is 3.35. The minimum Gasteiger partial charge on any atom is -0.488 e. The van der Waals surface area contributed by atoms with Gasteiger partial charge in [0.2, 0.25) is 0 Å². The van der Waals surface area contributed by atoms with Crippen molar-refractivity contribution in [2.75, 3.05) is 26.2 Å². The predicted molar refractivity (Wildman–Crippen MR) is 122 cm³/mol. The molecular weight excluding hydrogens is 410 g/mol. The second-order valence-electron chi connectivity index (χ2n) is 8.37. The van der Waals surface area contributed by atoms with E-state index in [-0.39, 0.29) is 12.0 Å². The molecule has 3 aromatic rings. The summed E-state index contributed by atoms with van der Waals surface area (Å²) in [6, 6.07) is 14.0. The molecule has 31 heavy (non-hydrogen) atoms. The Balaban J connectivity index is 1.14. The highest BCUT2D eigenvalue weighted by atomic mass is 32.1. The summed E-state index contributed by atoms with van der Waals surface area (Å²) >= 11 is 1.50. The number of benzene rings is 1. The van der Waals surface area contributed by atoms with Crippen LogP contribution in [0.3, 0.4) is 0 Å². The number of piperidine rings is 2. The Morgan fingerprint density at radius 3 is 2.74 bits per heavy atom. The number of rotatable bonds is 4. The lowest BCUT2D eigenvalue weighted by atomic mass is 9.97. The number of carbonyl (C=O) groups excluding carboxylic acids is 1. The van der Waals surface area contributed by atoms with Crippen molar-refractivity contribution in [3.05, 3.63) is 58.9 Å². The van der Waals surface area contributed by atoms with E-state index in [2.05, 4.69) is 9.88 Å². The first kappa shape index (κ1) is 20.4. The van der Waals surface area contributed by atoms with Gasteiger partial charge >= 0.3 is 0 Å². The van der Waals surface area contributed by atoms with E-state index < -0.39 is 6.10 Å². The summed E-state index contributed by atoms with van der Waals surface area (Å²) in [4.78, 5) is 22.1. The van der Waals surface area contributed by atoms with Crippen molar-refractivity contribution in [2.45, 2.75) is 37.5 Å². The Bertz CT molecular complexity index is 1030. The van der Waals surface area contributed by atoms with Crippen LogP contribution in [0, 0.1) is 0 Å². The van der Waals surface area contributed by atoms with Crippen LogP contribution in [-0.2, 0) is 0 Å². The van der Waals surface area contributed by atoms with Gasteiger partial charge in [0.05, 0.1) is 10.4 Å². The van der Waals surface area contributed by atoms with Gasteiger partial charge in [-0.15, -0.1) is 11.3 Å². The number of likely N-dealkylation sites (tertiary alicyclic amines) is 2. The number of thiophene rings is 1. The third-order valence-electron chi connectivity index (χ3n) is 6.41. The third kappa shape index (κ3) is 4.44. The first-order valence-electron chi connectivity index (χ1n) is 10.9. The van der Waals surface area contributed by atoms with Crippen LogP contribution in [0.25, 0.3) is 10.9 Å². The van der Waals surface area contributed by atoms with Crippen molar-refractivity contribution in [1.82, 2.24) is 14.8 Å². The fraction of sp³-hybridized carbons (Fsp3) is 0.417. The number of carbonyl (C=O) groups is 1. The number of nitrogens with zero attached hydrogens (tertiary/aromatic N) is 3. The fourth-order valence-electron chi connectivity index (χ4n) is 4.70. The second-order valence-corrected chi connectivity index (χ2v) is 9.31. The maximum Gasteiger partial charge on any atom is 0.263 e. The highest BCUT2D eigenvalue weighted by molar-refractivity contribution is 7.12. The normalized spacial score (nSPS) is 23.2. The standard InChI is InChI=1S/C24H27N3O3S/c28-21-16-27(18-7-11-26(12-8-18)24(29)23-4-2-14-31-23)13-9-22(21)30-19-5-6-20-17(15-19)3-1-10-25-20/h1-6,10,14-15,18,21-22,28H,7-9,11-13,16H2/t21-,22-/m1/s1. The molecule has 2 atom stereocenters. The van der Waals surface area contributed by atoms with Crippen molar-refractivity contribution in [3.8, 4) is 5.75 Å². The van der Waals surface area contributed by atoms with E-state index in [1.807, 2.05) is 52.7 Å². The molecule has 2 fully saturated rings. The molecule has 0 bridgehead atoms. The van der Waals surface area contributed by atoms with Gasteiger partial charge in [0.15, 0.2) is 0 Å². The SMILES string of the molecule is O=C(c1cccs1)N1CCC(N2CC[C@@H](Oc3ccc4ncccc4c3)[C@H](O)C2)CC1. The quantitative estimate of drug-likeness (QED) is 0.678. The summed E-state index contributed by atoms with van der Waals surface area (Å²) in [5.41, 5.74) is 0.939. The Morgan fingerprint density at radius 2 is 1.97 bits per heavy atom. The minimum absolute atomic E-state index is 0.145. The molecule has 5 rings (SSSR count). The highest BCUT2D eigenvalue weighted by Crippen LogP contribution is 2.26. The molecule has 6 nitrogen and oxygen atoms in total. The summed E-state index contributed by atoms with van der Waals surface area (Å²) in [6.45, 7) is 3.07. The van der Waals surface area contributed by atoms with Crippen LogP contribution in [0.2, 0.25) is 0 Å². The van der Waals surface area contributed by atoms with Crippen LogP contribution >= 0.6 is 11.3 Å². The Kier molecular flexibility index (Phi) is 5.89. The number of hydrogen-bond acceptors (Lipinski definition) is 6. The molecular formula is C24H27N3O3S. The van der Waals surface area contributed by atoms with Gasteiger partial charge < -0.3 is 14.7 Å². The monoisotopic (exact) mass is 437 g/mol. The Hall–Kier alpha value is -2.48. The molecule has 0 unspecified atom stereocenters. The number of fused-ring (bicyclic) bond motifs is 1. The summed E-state index contributed by atoms with van der Waals surface area (Å²) < 4.78 is 6.15. The van der Waals surface area contributed by atoms with Crippen LogP contribution in [0.15, 0.2) is 54.0 Å². The van der Waals surface area contributed by atoms with Crippen LogP contribution in [-0.4, -0.2) is 70.2 Å². The molecule has 2 aliphatic rings. The predicted octanol–water partition coefficient (Wildman–Crippen LogP) is 3.42. The maximum atomic E-state index is 12.6. The number of β-amino-alcohol motifs (C(OH)–C–C–N with tert-alkyl or cyclic N) is 1. The van der Waals surface area contributed by atoms with Gasteiger partial charge in [-0.1, -0.05) is 12.1 Å². The molecule has 162 valence electrons. The maximum absolute atomic E-state index is 12.6. The van der Waals surface area contributed by atoms with Crippen LogP contribution in [0.4, 0.5) is 0 Å². The van der Waals surface area contributed by atoms with Crippen LogP contribution in [0.1, 0.15) is 28.9 Å². The van der Waals surface area contributed by atoms with Crippen LogP contribution < -0.4 is 4.74 Å². The lowest BCUT2D eigenvalue weighted by Crippen LogP contribution is -2.55. The molecule has 2 saturated heterocycles. The molecule has 0 aliphatic carbocycles. The van der Waals surface area contributed by atoms with E-state index in [1.165, 1.54) is 11.3 Å². The zero-order valence-corrected chi connectivity index (χ0v) is 18.2. The molecule has 0 spiro atoms. The lowest BCUT2D eigenvalue weighted by Gasteiger charge is -2.43. The Morgan fingerprint density at radius 1 is 1.10 bits per heavy atom. The minimum atomic E-state index is -0.524. The number of pyridine rings is 1. The summed E-state index contributed by atoms with van der Waals surface area (Å²) in [7, 11) is 0. The Labute approximate surface area is 186 Å². The van der Waals surface area contributed by atoms with E-state index >= 15 is 0 Å². The molecule has 2 aromatic heterocycles. The van der Waals surface area contributed by atoms with E-state index in [0.717, 1.165) is 60.4 Å². The number of aliphatic hydroxyl groups is 1. The van der Waals surface area contributed by atoms with Gasteiger partial charge in [-0.3, -0.25) is 14.7 Å². The fourth-order valence-corrected chi connectivity index (χ4v) is 5.39. The van der Waals surface area contributed by atoms with Gasteiger partial charge in [0.1, 0.15) is 18.0 Å². The summed E-state index contributed by atoms with van der Waals surface area (Å²) in [5.74, 6) is 0.921. The molecule has 1 amide bonds. The molecule has 1 N–H and O–H groups in total. The van der Waals surface area contributed by atoms with E-state index in [4.69, 9.17) is 4.74 Å². The zero-order chi connectivity index (χ0) is 21.2. The van der Waals surface area contributed by atoms with Gasteiger partial charge in [-0.2, -0.15) is 0 Å². The van der Waals surface area contributed by atoms with E-state index in [1.54, 1.807) is 6.20 Å². The highest BCUT2D eigenvalue weighted by Gasteiger charge is 2.35. The largest absolute Gasteiger partial charge is 0.488 e. The van der Waals surface area contributed by atoms with Crippen molar-refractivity contribution < 1.29 is 14.6 Å². The van der Waals surface area contributed by atoms with Crippen molar-refractivity contribution in [2.24, 2.45) is 0 Å². The van der Waals surface area contributed by atoms with Gasteiger partial charge in [0, 0.05) is 43.8 Å². The van der Waals surface area contributed by atoms with E-state index in [9.17, 15) is 9.90 Å². The van der Waals surface area contributed by atoms with Gasteiger partial charge in [0.25, 0.3) is 5.91 Å². The zero-order valence-electron chi connectivity index (χ0n) is 17.4. The molecule has 4 heterocycles. The number of aliphatic hydroxyl groups excluding tert-OH is 1. The number of hydrogen-bond donors (Lipinski definition) is 1. The number of ether oxygens (including phenoxy) is 1. The average molecular weight is 438 g/mol. The topological polar surface area (TPSA) is 65.9 Å². The lowest BCUT2D eigenvalue weighted by molar-refractivity contribution is -0.0438. The van der Waals surface area contributed by atoms with E-state index in [0.29, 0.717) is 12.6 Å². The molecule has 0 radical (unpaired) electrons. The number of aromatic nitrogens is 1. The first-order valence-corrected chi connectivity index (χ1v) is 11.8. The molecule has 7 heteroatoms. The first-order chi connectivity index (χ1) is 15.2. The van der Waals surface area contributed by atoms with Crippen LogP contribution in [0.5, 0.6) is 5.75 Å². The van der Waals surface area contributed by atoms with Gasteiger partial charge in [-0.05, 0) is 55.0 Å². The molecule has 2 aliphatic heterocycles. The molecule has 0 saturated carbocycles. The number of amides is 1. The summed E-state index contributed by atoms with van der Waals surface area (Å²) in [5, 5.41) is 13.8. The molecule has 1 aromatic carbocycles.